The predicted octanol–water partition coefficient (Wildman–Crippen LogP) is 4.40. The molecule has 0 bridgehead atoms. The Hall–Kier alpha value is -2.61. The summed E-state index contributed by atoms with van der Waals surface area (Å²) in [5.74, 6) is -2.11. The number of hydrogen-bond acceptors (Lipinski definition) is 2. The molecule has 0 amide bonds. The van der Waals surface area contributed by atoms with Gasteiger partial charge in [0.25, 0.3) is 0 Å². The number of nitrogens with one attached hydrogen (secondary N) is 1. The third-order valence-electron chi connectivity index (χ3n) is 5.00. The molecule has 0 aliphatic carbocycles. The largest absolute Gasteiger partial charge is 0.431 e. The molecule has 3 nitrogen and oxygen atoms in total. The lowest BCUT2D eigenvalue weighted by atomic mass is 10.1. The number of hydrogen-bond donors (Lipinski definition) is 1. The molecular weight excluding hydrogens is 377 g/mol. The standard InChI is InChI=1S/C20H18F5N3/c21-15-5-4-13(10-16(15)22)12-28-18-3-1-2-17(27-8-6-26-7-9-27)14(18)11-19(28)20(23,24)25/h1-5,10-11,26H,6-9,12H2. The van der Waals surface area contributed by atoms with Crippen LogP contribution in [0.15, 0.2) is 42.5 Å². The summed E-state index contributed by atoms with van der Waals surface area (Å²) in [7, 11) is 0. The molecule has 1 aliphatic rings. The van der Waals surface area contributed by atoms with Crippen molar-refractivity contribution in [3.05, 3.63) is 65.4 Å². The first kappa shape index (κ1) is 18.7. The summed E-state index contributed by atoms with van der Waals surface area (Å²) in [6, 6.07) is 9.46. The maximum atomic E-state index is 13.7. The Morgan fingerprint density at radius 2 is 1.68 bits per heavy atom. The van der Waals surface area contributed by atoms with E-state index in [-0.39, 0.29) is 12.1 Å². The SMILES string of the molecule is Fc1ccc(Cn2c(C(F)(F)F)cc3c(N4CCNCC4)cccc32)cc1F. The van der Waals surface area contributed by atoms with Gasteiger partial charge in [-0.1, -0.05) is 12.1 Å². The van der Waals surface area contributed by atoms with Gasteiger partial charge in [0.15, 0.2) is 11.6 Å². The van der Waals surface area contributed by atoms with Crippen molar-refractivity contribution in [2.45, 2.75) is 12.7 Å². The van der Waals surface area contributed by atoms with Gasteiger partial charge >= 0.3 is 6.18 Å². The Bertz CT molecular complexity index is 1000. The highest BCUT2D eigenvalue weighted by atomic mass is 19.4. The van der Waals surface area contributed by atoms with Crippen LogP contribution in [0, 0.1) is 11.6 Å². The molecule has 0 saturated carbocycles. The molecule has 1 aromatic heterocycles. The quantitative estimate of drug-likeness (QED) is 0.664. The Morgan fingerprint density at radius 3 is 2.36 bits per heavy atom. The molecular formula is C20H18F5N3. The van der Waals surface area contributed by atoms with E-state index in [2.05, 4.69) is 10.2 Å². The highest BCUT2D eigenvalue weighted by Crippen LogP contribution is 2.38. The van der Waals surface area contributed by atoms with Crippen LogP contribution in [-0.4, -0.2) is 30.7 Å². The van der Waals surface area contributed by atoms with Gasteiger partial charge in [0, 0.05) is 43.8 Å². The van der Waals surface area contributed by atoms with Gasteiger partial charge in [-0.2, -0.15) is 13.2 Å². The second-order valence-corrected chi connectivity index (χ2v) is 6.81. The smallest absolute Gasteiger partial charge is 0.368 e. The van der Waals surface area contributed by atoms with E-state index in [1.807, 2.05) is 6.07 Å². The maximum absolute atomic E-state index is 13.7. The van der Waals surface area contributed by atoms with Crippen molar-refractivity contribution < 1.29 is 22.0 Å². The molecule has 4 rings (SSSR count). The van der Waals surface area contributed by atoms with E-state index in [4.69, 9.17) is 0 Å². The second-order valence-electron chi connectivity index (χ2n) is 6.81. The average molecular weight is 395 g/mol. The van der Waals surface area contributed by atoms with E-state index in [1.165, 1.54) is 6.07 Å². The van der Waals surface area contributed by atoms with Gasteiger partial charge in [-0.15, -0.1) is 0 Å². The van der Waals surface area contributed by atoms with Crippen molar-refractivity contribution in [2.24, 2.45) is 0 Å². The topological polar surface area (TPSA) is 20.2 Å². The Morgan fingerprint density at radius 1 is 0.929 bits per heavy atom. The molecule has 0 spiro atoms. The summed E-state index contributed by atoms with van der Waals surface area (Å²) in [5, 5.41) is 3.72. The van der Waals surface area contributed by atoms with Crippen LogP contribution in [0.1, 0.15) is 11.3 Å². The number of anilines is 1. The summed E-state index contributed by atoms with van der Waals surface area (Å²) in [6.45, 7) is 2.72. The van der Waals surface area contributed by atoms with Crippen molar-refractivity contribution in [1.82, 2.24) is 9.88 Å². The molecule has 8 heteroatoms. The van der Waals surface area contributed by atoms with E-state index < -0.39 is 23.5 Å². The van der Waals surface area contributed by atoms with E-state index in [1.54, 1.807) is 12.1 Å². The minimum absolute atomic E-state index is 0.208. The molecule has 1 fully saturated rings. The molecule has 2 aromatic carbocycles. The minimum atomic E-state index is -4.57. The van der Waals surface area contributed by atoms with Gasteiger partial charge in [-0.25, -0.2) is 8.78 Å². The van der Waals surface area contributed by atoms with Crippen molar-refractivity contribution in [3.63, 3.8) is 0 Å². The van der Waals surface area contributed by atoms with Gasteiger partial charge in [-0.05, 0) is 35.9 Å². The highest BCUT2D eigenvalue weighted by Gasteiger charge is 2.36. The summed E-state index contributed by atoms with van der Waals surface area (Å²) in [4.78, 5) is 2.06. The van der Waals surface area contributed by atoms with Crippen molar-refractivity contribution in [3.8, 4) is 0 Å². The average Bonchev–Trinajstić information content (AvgIpc) is 3.04. The molecule has 148 valence electrons. The fourth-order valence-electron chi connectivity index (χ4n) is 3.68. The Labute approximate surface area is 158 Å². The van der Waals surface area contributed by atoms with Crippen molar-refractivity contribution in [1.29, 1.82) is 0 Å². The lowest BCUT2D eigenvalue weighted by Gasteiger charge is -2.30. The maximum Gasteiger partial charge on any atom is 0.431 e. The van der Waals surface area contributed by atoms with Crippen molar-refractivity contribution >= 4 is 16.6 Å². The number of piperazine rings is 1. The highest BCUT2D eigenvalue weighted by molar-refractivity contribution is 5.94. The number of benzene rings is 2. The zero-order chi connectivity index (χ0) is 19.9. The van der Waals surface area contributed by atoms with Gasteiger partial charge in [-0.3, -0.25) is 0 Å². The van der Waals surface area contributed by atoms with Crippen LogP contribution in [0.4, 0.5) is 27.6 Å². The fraction of sp³-hybridized carbons (Fsp3) is 0.300. The van der Waals surface area contributed by atoms with Crippen LogP contribution in [-0.2, 0) is 12.7 Å². The van der Waals surface area contributed by atoms with Crippen LogP contribution in [0.2, 0.25) is 0 Å². The van der Waals surface area contributed by atoms with Gasteiger partial charge in [0.1, 0.15) is 5.69 Å². The number of rotatable bonds is 3. The zero-order valence-corrected chi connectivity index (χ0v) is 14.9. The van der Waals surface area contributed by atoms with E-state index in [0.29, 0.717) is 24.0 Å². The van der Waals surface area contributed by atoms with E-state index in [0.717, 1.165) is 41.5 Å². The minimum Gasteiger partial charge on any atom is -0.368 e. The van der Waals surface area contributed by atoms with Crippen LogP contribution in [0.5, 0.6) is 0 Å². The van der Waals surface area contributed by atoms with E-state index in [9.17, 15) is 22.0 Å². The zero-order valence-electron chi connectivity index (χ0n) is 14.9. The molecule has 1 saturated heterocycles. The van der Waals surface area contributed by atoms with Crippen LogP contribution < -0.4 is 10.2 Å². The number of nitrogens with zero attached hydrogens (tertiary/aromatic N) is 2. The summed E-state index contributed by atoms with van der Waals surface area (Å²) in [5.41, 5.74) is 0.603. The molecule has 0 atom stereocenters. The monoisotopic (exact) mass is 395 g/mol. The summed E-state index contributed by atoms with van der Waals surface area (Å²) < 4.78 is 69.0. The lowest BCUT2D eigenvalue weighted by molar-refractivity contribution is -0.143. The third-order valence-corrected chi connectivity index (χ3v) is 5.00. The predicted molar refractivity (Wildman–Crippen MR) is 97.5 cm³/mol. The van der Waals surface area contributed by atoms with Crippen LogP contribution >= 0.6 is 0 Å². The molecule has 1 aliphatic heterocycles. The normalized spacial score (nSPS) is 15.4. The van der Waals surface area contributed by atoms with Gasteiger partial charge in [0.2, 0.25) is 0 Å². The molecule has 3 aromatic rings. The Kier molecular flexibility index (Phi) is 4.74. The number of alkyl halides is 3. The van der Waals surface area contributed by atoms with E-state index >= 15 is 0 Å². The molecule has 0 unspecified atom stereocenters. The van der Waals surface area contributed by atoms with Gasteiger partial charge < -0.3 is 14.8 Å². The fourth-order valence-corrected chi connectivity index (χ4v) is 3.68. The molecule has 1 N–H and O–H groups in total. The number of aromatic nitrogens is 1. The van der Waals surface area contributed by atoms with Crippen LogP contribution in [0.25, 0.3) is 10.9 Å². The molecule has 0 radical (unpaired) electrons. The van der Waals surface area contributed by atoms with Crippen molar-refractivity contribution in [2.75, 3.05) is 31.1 Å². The van der Waals surface area contributed by atoms with Crippen LogP contribution in [0.3, 0.4) is 0 Å². The van der Waals surface area contributed by atoms with Gasteiger partial charge in [0.05, 0.1) is 5.52 Å². The molecule has 2 heterocycles. The number of halogens is 5. The first-order valence-corrected chi connectivity index (χ1v) is 8.93. The first-order valence-electron chi connectivity index (χ1n) is 8.93. The second kappa shape index (κ2) is 7.09. The summed E-state index contributed by atoms with van der Waals surface area (Å²) in [6.07, 6.45) is -4.57. The number of fused-ring (bicyclic) bond motifs is 1. The Balaban J connectivity index is 1.84. The lowest BCUT2D eigenvalue weighted by Crippen LogP contribution is -2.43. The molecule has 28 heavy (non-hydrogen) atoms. The first-order chi connectivity index (χ1) is 13.3. The third kappa shape index (κ3) is 3.44. The summed E-state index contributed by atoms with van der Waals surface area (Å²) >= 11 is 0.